The van der Waals surface area contributed by atoms with Gasteiger partial charge in [-0.15, -0.1) is 0 Å². The molecule has 29 heavy (non-hydrogen) atoms. The first kappa shape index (κ1) is 20.0. The number of benzene rings is 1. The molecule has 4 rings (SSSR count). The maximum absolute atomic E-state index is 12.8. The molecule has 0 aliphatic carbocycles. The van der Waals surface area contributed by atoms with E-state index in [9.17, 15) is 9.59 Å². The van der Waals surface area contributed by atoms with Crippen LogP contribution in [0.5, 0.6) is 11.6 Å². The van der Waals surface area contributed by atoms with Crippen LogP contribution < -0.4 is 9.47 Å². The minimum atomic E-state index is -0.0735. The minimum absolute atomic E-state index is 0.00970. The van der Waals surface area contributed by atoms with Crippen molar-refractivity contribution in [1.29, 1.82) is 0 Å². The number of amides is 1. The molecule has 8 heteroatoms. The van der Waals surface area contributed by atoms with Gasteiger partial charge in [0, 0.05) is 42.4 Å². The van der Waals surface area contributed by atoms with Crippen LogP contribution in [0.1, 0.15) is 28.8 Å². The summed E-state index contributed by atoms with van der Waals surface area (Å²) in [6.45, 7) is 1.86. The summed E-state index contributed by atoms with van der Waals surface area (Å²) in [5, 5.41) is 1.11. The average molecular weight is 435 g/mol. The van der Waals surface area contributed by atoms with E-state index in [1.807, 2.05) is 4.90 Å². The monoisotopic (exact) mass is 434 g/mol. The molecule has 152 valence electrons. The number of hydrogen-bond donors (Lipinski definition) is 0. The van der Waals surface area contributed by atoms with E-state index in [0.29, 0.717) is 58.4 Å². The number of halogens is 2. The van der Waals surface area contributed by atoms with Crippen LogP contribution >= 0.6 is 23.2 Å². The third kappa shape index (κ3) is 4.65. The number of carbonyl (C=O) groups is 2. The maximum atomic E-state index is 12.8. The van der Waals surface area contributed by atoms with Gasteiger partial charge in [-0.25, -0.2) is 4.98 Å². The largest absolute Gasteiger partial charge is 0.492 e. The zero-order valence-electron chi connectivity index (χ0n) is 15.7. The van der Waals surface area contributed by atoms with Crippen LogP contribution in [0.4, 0.5) is 0 Å². The Morgan fingerprint density at radius 3 is 2.83 bits per heavy atom. The Morgan fingerprint density at radius 1 is 1.24 bits per heavy atom. The van der Waals surface area contributed by atoms with Crippen molar-refractivity contribution in [1.82, 2.24) is 9.88 Å². The van der Waals surface area contributed by atoms with Crippen LogP contribution in [0.3, 0.4) is 0 Å². The van der Waals surface area contributed by atoms with Crippen LogP contribution in [0.25, 0.3) is 0 Å². The van der Waals surface area contributed by atoms with E-state index in [-0.39, 0.29) is 24.7 Å². The van der Waals surface area contributed by atoms with Crippen LogP contribution in [0.15, 0.2) is 30.5 Å². The lowest BCUT2D eigenvalue weighted by atomic mass is 9.97. The van der Waals surface area contributed by atoms with Gasteiger partial charge in [0.2, 0.25) is 5.88 Å². The molecular weight excluding hydrogens is 415 g/mol. The van der Waals surface area contributed by atoms with E-state index in [2.05, 4.69) is 4.98 Å². The summed E-state index contributed by atoms with van der Waals surface area (Å²) >= 11 is 12.1. The third-order valence-corrected chi connectivity index (χ3v) is 5.75. The Bertz CT molecular complexity index is 942. The number of carbonyl (C=O) groups excluding carboxylic acids is 2. The Balaban J connectivity index is 1.32. The number of fused-ring (bicyclic) bond motifs is 1. The second-order valence-electron chi connectivity index (χ2n) is 7.31. The highest BCUT2D eigenvalue weighted by molar-refractivity contribution is 6.34. The van der Waals surface area contributed by atoms with Gasteiger partial charge in [-0.05, 0) is 37.0 Å². The molecule has 2 aliphatic heterocycles. The Kier molecular flexibility index (Phi) is 5.92. The van der Waals surface area contributed by atoms with Crippen LogP contribution in [0, 0.1) is 5.92 Å². The van der Waals surface area contributed by atoms with Gasteiger partial charge in [-0.2, -0.15) is 0 Å². The van der Waals surface area contributed by atoms with Crippen molar-refractivity contribution >= 4 is 34.9 Å². The Labute approximate surface area is 178 Å². The maximum Gasteiger partial charge on any atom is 0.255 e. The molecule has 0 bridgehead atoms. The van der Waals surface area contributed by atoms with E-state index >= 15 is 0 Å². The summed E-state index contributed by atoms with van der Waals surface area (Å²) < 4.78 is 11.1. The molecule has 3 heterocycles. The molecule has 1 amide bonds. The molecule has 0 saturated carbocycles. The molecule has 1 fully saturated rings. The fraction of sp³-hybridized carbons (Fsp3) is 0.381. The minimum Gasteiger partial charge on any atom is -0.492 e. The highest BCUT2D eigenvalue weighted by Crippen LogP contribution is 2.29. The number of piperidine rings is 1. The SMILES string of the molecule is O=C1COc2ncc(C(=O)N3CCC(COc4cc(Cl)ccc4Cl)CC3)cc2C1. The molecular formula is C21H20Cl2N2O4. The van der Waals surface area contributed by atoms with E-state index in [1.54, 1.807) is 24.3 Å². The number of aromatic nitrogens is 1. The van der Waals surface area contributed by atoms with Gasteiger partial charge in [0.05, 0.1) is 17.2 Å². The van der Waals surface area contributed by atoms with Gasteiger partial charge in [-0.1, -0.05) is 23.2 Å². The fourth-order valence-electron chi connectivity index (χ4n) is 3.56. The lowest BCUT2D eigenvalue weighted by molar-refractivity contribution is -0.121. The van der Waals surface area contributed by atoms with Gasteiger partial charge in [0.25, 0.3) is 5.91 Å². The highest BCUT2D eigenvalue weighted by Gasteiger charge is 2.26. The molecule has 1 aromatic heterocycles. The summed E-state index contributed by atoms with van der Waals surface area (Å²) in [5.74, 6) is 1.27. The first-order valence-electron chi connectivity index (χ1n) is 9.50. The number of nitrogens with zero attached hydrogens (tertiary/aromatic N) is 2. The number of ether oxygens (including phenoxy) is 2. The van der Waals surface area contributed by atoms with Crippen LogP contribution in [-0.4, -0.2) is 47.9 Å². The van der Waals surface area contributed by atoms with E-state index in [1.165, 1.54) is 6.20 Å². The van der Waals surface area contributed by atoms with Crippen molar-refractivity contribution in [3.05, 3.63) is 51.6 Å². The predicted octanol–water partition coefficient (Wildman–Crippen LogP) is 3.82. The zero-order valence-corrected chi connectivity index (χ0v) is 17.2. The van der Waals surface area contributed by atoms with Gasteiger partial charge >= 0.3 is 0 Å². The lowest BCUT2D eigenvalue weighted by Crippen LogP contribution is -2.39. The summed E-state index contributed by atoms with van der Waals surface area (Å²) in [6.07, 6.45) is 3.45. The van der Waals surface area contributed by atoms with Crippen molar-refractivity contribution in [3.63, 3.8) is 0 Å². The van der Waals surface area contributed by atoms with E-state index < -0.39 is 0 Å². The van der Waals surface area contributed by atoms with Crippen LogP contribution in [-0.2, 0) is 11.2 Å². The number of pyridine rings is 1. The molecule has 6 nitrogen and oxygen atoms in total. The first-order chi connectivity index (χ1) is 14.0. The molecule has 0 spiro atoms. The van der Waals surface area contributed by atoms with Gasteiger partial charge in [-0.3, -0.25) is 9.59 Å². The highest BCUT2D eigenvalue weighted by atomic mass is 35.5. The topological polar surface area (TPSA) is 68.7 Å². The van der Waals surface area contributed by atoms with Gasteiger partial charge in [0.15, 0.2) is 5.78 Å². The van der Waals surface area contributed by atoms with Crippen molar-refractivity contribution in [3.8, 4) is 11.6 Å². The van der Waals surface area contributed by atoms with E-state index in [4.69, 9.17) is 32.7 Å². The Hall–Kier alpha value is -2.31. The smallest absolute Gasteiger partial charge is 0.255 e. The predicted molar refractivity (Wildman–Crippen MR) is 109 cm³/mol. The number of Topliss-reactive ketones (excluding diaryl/α,β-unsaturated/α-hetero) is 1. The van der Waals surface area contributed by atoms with Crippen molar-refractivity contribution in [2.24, 2.45) is 5.92 Å². The zero-order chi connectivity index (χ0) is 20.4. The molecule has 1 aromatic carbocycles. The number of ketones is 1. The summed E-state index contributed by atoms with van der Waals surface area (Å²) in [7, 11) is 0. The number of rotatable bonds is 4. The fourth-order valence-corrected chi connectivity index (χ4v) is 3.90. The normalized spacial score (nSPS) is 16.9. The van der Waals surface area contributed by atoms with E-state index in [0.717, 1.165) is 12.8 Å². The van der Waals surface area contributed by atoms with Gasteiger partial charge < -0.3 is 14.4 Å². The molecule has 1 saturated heterocycles. The van der Waals surface area contributed by atoms with Crippen molar-refractivity contribution in [2.75, 3.05) is 26.3 Å². The van der Waals surface area contributed by atoms with Crippen LogP contribution in [0.2, 0.25) is 10.0 Å². The lowest BCUT2D eigenvalue weighted by Gasteiger charge is -2.32. The molecule has 0 unspecified atom stereocenters. The first-order valence-corrected chi connectivity index (χ1v) is 10.3. The van der Waals surface area contributed by atoms with Crippen molar-refractivity contribution in [2.45, 2.75) is 19.3 Å². The Morgan fingerprint density at radius 2 is 2.03 bits per heavy atom. The summed E-state index contributed by atoms with van der Waals surface area (Å²) in [5.41, 5.74) is 1.16. The standard InChI is InChI=1S/C21H20Cl2N2O4/c22-16-1-2-18(23)19(9-16)28-11-13-3-5-25(6-4-13)21(27)15-7-14-8-17(26)12-29-20(14)24-10-15/h1-2,7,9-10,13H,3-6,8,11-12H2. The molecule has 2 aliphatic rings. The number of hydrogen-bond acceptors (Lipinski definition) is 5. The molecule has 0 atom stereocenters. The second kappa shape index (κ2) is 8.59. The van der Waals surface area contributed by atoms with Crippen molar-refractivity contribution < 1.29 is 19.1 Å². The third-order valence-electron chi connectivity index (χ3n) is 5.20. The quantitative estimate of drug-likeness (QED) is 0.731. The average Bonchev–Trinajstić information content (AvgIpc) is 2.73. The molecule has 0 N–H and O–H groups in total. The second-order valence-corrected chi connectivity index (χ2v) is 8.16. The molecule has 2 aromatic rings. The number of likely N-dealkylation sites (tertiary alicyclic amines) is 1. The summed E-state index contributed by atoms with van der Waals surface area (Å²) in [6, 6.07) is 6.86. The van der Waals surface area contributed by atoms with Gasteiger partial charge in [0.1, 0.15) is 12.4 Å². The summed E-state index contributed by atoms with van der Waals surface area (Å²) in [4.78, 5) is 30.4. The molecule has 0 radical (unpaired) electrons.